The first-order chi connectivity index (χ1) is 13.7. The first kappa shape index (κ1) is 23.0. The maximum absolute atomic E-state index is 13.7. The topological polar surface area (TPSA) is 48.9 Å². The van der Waals surface area contributed by atoms with Crippen molar-refractivity contribution < 1.29 is 9.13 Å². The molecule has 0 fully saturated rings. The fraction of sp³-hybridized carbons (Fsp3) is 0.318. The largest absolute Gasteiger partial charge is 0.486 e. The molecule has 1 unspecified atom stereocenters. The van der Waals surface area contributed by atoms with Gasteiger partial charge in [0.25, 0.3) is 0 Å². The highest BCUT2D eigenvalue weighted by Crippen LogP contribution is 2.18. The monoisotopic (exact) mass is 510 g/mol. The zero-order valence-corrected chi connectivity index (χ0v) is 19.1. The summed E-state index contributed by atoms with van der Waals surface area (Å²) in [6, 6.07) is 14.9. The number of para-hydroxylation sites is 1. The van der Waals surface area contributed by atoms with Crippen molar-refractivity contribution >= 4 is 35.6 Å². The van der Waals surface area contributed by atoms with Crippen LogP contribution in [0.25, 0.3) is 0 Å². The number of nitrogens with zero attached hydrogens (tertiary/aromatic N) is 2. The van der Waals surface area contributed by atoms with Gasteiger partial charge in [-0.25, -0.2) is 4.39 Å². The van der Waals surface area contributed by atoms with E-state index in [1.165, 1.54) is 17.3 Å². The molecule has 5 nitrogen and oxygen atoms in total. The van der Waals surface area contributed by atoms with Crippen LogP contribution < -0.4 is 20.3 Å². The minimum atomic E-state index is -0.356. The lowest BCUT2D eigenvalue weighted by atomic mass is 10.2. The molecule has 0 saturated heterocycles. The molecular weight excluding hydrogens is 482 g/mol. The zero-order valence-electron chi connectivity index (χ0n) is 16.8. The van der Waals surface area contributed by atoms with Crippen LogP contribution in [0.4, 0.5) is 10.1 Å². The number of anilines is 1. The number of ether oxygens (including phenoxy) is 1. The third-order valence-corrected chi connectivity index (χ3v) is 4.53. The normalized spacial score (nSPS) is 14.3. The van der Waals surface area contributed by atoms with Crippen molar-refractivity contribution in [2.24, 2.45) is 4.99 Å². The lowest BCUT2D eigenvalue weighted by Crippen LogP contribution is -2.41. The predicted molar refractivity (Wildman–Crippen MR) is 128 cm³/mol. The lowest BCUT2D eigenvalue weighted by Gasteiger charge is -2.19. The van der Waals surface area contributed by atoms with Gasteiger partial charge in [-0.05, 0) is 36.8 Å². The summed E-state index contributed by atoms with van der Waals surface area (Å²) in [6.07, 6.45) is 4.16. The van der Waals surface area contributed by atoms with E-state index in [0.717, 1.165) is 13.1 Å². The highest BCUT2D eigenvalue weighted by Gasteiger charge is 2.09. The van der Waals surface area contributed by atoms with Crippen LogP contribution in [0.2, 0.25) is 0 Å². The van der Waals surface area contributed by atoms with Crippen LogP contribution in [0.3, 0.4) is 0 Å². The molecule has 0 aliphatic carbocycles. The summed E-state index contributed by atoms with van der Waals surface area (Å²) >= 11 is 0. The van der Waals surface area contributed by atoms with E-state index < -0.39 is 0 Å². The molecule has 1 atom stereocenters. The van der Waals surface area contributed by atoms with Crippen LogP contribution in [0.1, 0.15) is 12.5 Å². The smallest absolute Gasteiger partial charge is 0.191 e. The summed E-state index contributed by atoms with van der Waals surface area (Å²) in [4.78, 5) is 6.54. The molecule has 29 heavy (non-hydrogen) atoms. The number of benzene rings is 2. The van der Waals surface area contributed by atoms with Gasteiger partial charge in [0.15, 0.2) is 17.5 Å². The van der Waals surface area contributed by atoms with E-state index in [1.54, 1.807) is 25.2 Å². The van der Waals surface area contributed by atoms with Crippen LogP contribution in [0, 0.1) is 5.82 Å². The minimum absolute atomic E-state index is 0. The van der Waals surface area contributed by atoms with E-state index in [4.69, 9.17) is 4.74 Å². The number of hydrogen-bond acceptors (Lipinski definition) is 3. The molecule has 2 N–H and O–H groups in total. The van der Waals surface area contributed by atoms with E-state index >= 15 is 0 Å². The Hall–Kier alpha value is -2.29. The van der Waals surface area contributed by atoms with Crippen LogP contribution in [-0.2, 0) is 6.54 Å². The van der Waals surface area contributed by atoms with Crippen LogP contribution in [0.5, 0.6) is 5.75 Å². The van der Waals surface area contributed by atoms with Gasteiger partial charge < -0.3 is 20.3 Å². The van der Waals surface area contributed by atoms with Crippen molar-refractivity contribution in [1.82, 2.24) is 10.6 Å². The third-order valence-electron chi connectivity index (χ3n) is 4.53. The Bertz CT molecular complexity index is 818. The quantitative estimate of drug-likeness (QED) is 0.257. The van der Waals surface area contributed by atoms with Gasteiger partial charge in [0.05, 0.1) is 6.54 Å². The molecule has 3 rings (SSSR count). The predicted octanol–water partition coefficient (Wildman–Crippen LogP) is 3.95. The highest BCUT2D eigenvalue weighted by atomic mass is 127. The highest BCUT2D eigenvalue weighted by molar-refractivity contribution is 14.0. The molecule has 1 aliphatic heterocycles. The van der Waals surface area contributed by atoms with E-state index in [1.807, 2.05) is 6.92 Å². The Kier molecular flexibility index (Phi) is 9.24. The molecule has 0 aromatic heterocycles. The van der Waals surface area contributed by atoms with Gasteiger partial charge >= 0.3 is 0 Å². The SMILES string of the molecule is CN=C(NCc1ccc(N2CC=CC2)cc1)NCC(C)Oc1ccccc1F.I. The van der Waals surface area contributed by atoms with Crippen LogP contribution >= 0.6 is 24.0 Å². The molecule has 0 spiro atoms. The zero-order chi connectivity index (χ0) is 19.8. The number of aliphatic imine (C=N–C) groups is 1. The molecule has 0 amide bonds. The van der Waals surface area contributed by atoms with Crippen molar-refractivity contribution in [1.29, 1.82) is 0 Å². The Labute approximate surface area is 189 Å². The van der Waals surface area contributed by atoms with Gasteiger partial charge in [-0.2, -0.15) is 0 Å². The average Bonchev–Trinajstić information content (AvgIpc) is 3.25. The number of nitrogens with one attached hydrogen (secondary N) is 2. The van der Waals surface area contributed by atoms with Gasteiger partial charge in [-0.3, -0.25) is 4.99 Å². The lowest BCUT2D eigenvalue weighted by molar-refractivity contribution is 0.214. The Morgan fingerprint density at radius 2 is 1.79 bits per heavy atom. The van der Waals surface area contributed by atoms with Gasteiger partial charge in [-0.1, -0.05) is 36.4 Å². The summed E-state index contributed by atoms with van der Waals surface area (Å²) in [5.41, 5.74) is 2.41. The number of halogens is 2. The van der Waals surface area contributed by atoms with Crippen molar-refractivity contribution in [3.05, 3.63) is 72.1 Å². The second-order valence-corrected chi connectivity index (χ2v) is 6.71. The van der Waals surface area contributed by atoms with E-state index in [0.29, 0.717) is 19.0 Å². The molecule has 2 aromatic carbocycles. The first-order valence-corrected chi connectivity index (χ1v) is 9.50. The van der Waals surface area contributed by atoms with Gasteiger partial charge in [-0.15, -0.1) is 24.0 Å². The maximum Gasteiger partial charge on any atom is 0.191 e. The summed E-state index contributed by atoms with van der Waals surface area (Å²) in [7, 11) is 1.72. The molecule has 1 aliphatic rings. The van der Waals surface area contributed by atoms with Gasteiger partial charge in [0.1, 0.15) is 6.10 Å². The van der Waals surface area contributed by atoms with Crippen LogP contribution in [-0.4, -0.2) is 38.7 Å². The van der Waals surface area contributed by atoms with E-state index in [2.05, 4.69) is 56.9 Å². The molecule has 0 bridgehead atoms. The summed E-state index contributed by atoms with van der Waals surface area (Å²) in [6.45, 7) is 5.01. The number of guanidine groups is 1. The molecule has 2 aromatic rings. The average molecular weight is 510 g/mol. The standard InChI is InChI=1S/C22H27FN4O.HI/c1-17(28-21-8-4-3-7-20(21)23)15-25-22(24-2)26-16-18-9-11-19(12-10-18)27-13-5-6-14-27;/h3-12,17H,13-16H2,1-2H3,(H2,24,25,26);1H. The number of hydrogen-bond donors (Lipinski definition) is 2. The van der Waals surface area contributed by atoms with E-state index in [9.17, 15) is 4.39 Å². The molecule has 0 saturated carbocycles. The van der Waals surface area contributed by atoms with Crippen molar-refractivity contribution in [3.63, 3.8) is 0 Å². The summed E-state index contributed by atoms with van der Waals surface area (Å²) < 4.78 is 19.3. The molecular formula is C22H28FIN4O. The molecule has 156 valence electrons. The Morgan fingerprint density at radius 3 is 2.45 bits per heavy atom. The fourth-order valence-electron chi connectivity index (χ4n) is 2.96. The maximum atomic E-state index is 13.7. The first-order valence-electron chi connectivity index (χ1n) is 9.50. The molecule has 7 heteroatoms. The summed E-state index contributed by atoms with van der Waals surface area (Å²) in [5.74, 6) is 0.579. The second kappa shape index (κ2) is 11.6. The molecule has 1 heterocycles. The minimum Gasteiger partial charge on any atom is -0.486 e. The number of rotatable bonds is 7. The van der Waals surface area contributed by atoms with Crippen LogP contribution in [0.15, 0.2) is 65.7 Å². The second-order valence-electron chi connectivity index (χ2n) is 6.71. The van der Waals surface area contributed by atoms with Crippen molar-refractivity contribution in [3.8, 4) is 5.75 Å². The van der Waals surface area contributed by atoms with Crippen molar-refractivity contribution in [2.45, 2.75) is 19.6 Å². The fourth-order valence-corrected chi connectivity index (χ4v) is 2.96. The third kappa shape index (κ3) is 6.92. The van der Waals surface area contributed by atoms with Crippen molar-refractivity contribution in [2.75, 3.05) is 31.6 Å². The van der Waals surface area contributed by atoms with Gasteiger partial charge in [0.2, 0.25) is 0 Å². The summed E-state index contributed by atoms with van der Waals surface area (Å²) in [5, 5.41) is 6.50. The Morgan fingerprint density at radius 1 is 1.10 bits per heavy atom. The Balaban J connectivity index is 0.00000300. The van der Waals surface area contributed by atoms with Gasteiger partial charge in [0, 0.05) is 32.4 Å². The van der Waals surface area contributed by atoms with E-state index in [-0.39, 0.29) is 41.6 Å². The molecule has 0 radical (unpaired) electrons.